The molecule has 0 bridgehead atoms. The Morgan fingerprint density at radius 2 is 2.19 bits per heavy atom. The second kappa shape index (κ2) is 6.04. The minimum absolute atomic E-state index is 0.0272. The number of carboxylic acids is 1. The highest BCUT2D eigenvalue weighted by Crippen LogP contribution is 2.27. The quantitative estimate of drug-likeness (QED) is 0.495. The van der Waals surface area contributed by atoms with Crippen molar-refractivity contribution in [2.45, 2.75) is 25.3 Å². The van der Waals surface area contributed by atoms with E-state index in [9.17, 15) is 19.7 Å². The molecule has 1 fully saturated rings. The number of nitrogens with zero attached hydrogens (tertiary/aromatic N) is 2. The number of hydrogen-bond acceptors (Lipinski definition) is 5. The number of hydrogen-bond donors (Lipinski definition) is 2. The van der Waals surface area contributed by atoms with Crippen molar-refractivity contribution < 1.29 is 19.6 Å². The van der Waals surface area contributed by atoms with Gasteiger partial charge in [0, 0.05) is 6.04 Å². The summed E-state index contributed by atoms with van der Waals surface area (Å²) in [4.78, 5) is 36.7. The summed E-state index contributed by atoms with van der Waals surface area (Å²) in [6, 6.07) is 0.809. The Morgan fingerprint density at radius 3 is 2.76 bits per heavy atom. The van der Waals surface area contributed by atoms with E-state index in [4.69, 9.17) is 16.7 Å². The van der Waals surface area contributed by atoms with Gasteiger partial charge in [-0.3, -0.25) is 19.7 Å². The summed E-state index contributed by atoms with van der Waals surface area (Å²) in [6.45, 7) is 0. The summed E-state index contributed by atoms with van der Waals surface area (Å²) in [5.41, 5.74) is -0.622. The fourth-order valence-corrected chi connectivity index (χ4v) is 2.51. The van der Waals surface area contributed by atoms with Crippen molar-refractivity contribution in [3.05, 3.63) is 33.1 Å². The first kappa shape index (κ1) is 15.2. The van der Waals surface area contributed by atoms with Gasteiger partial charge >= 0.3 is 5.97 Å². The standard InChI is InChI=1S/C12H12ClN3O5/c13-10-4-8(9(5-14-10)16(20)21)11(17)15-7-2-1-6(3-7)12(18)19/h4-7H,1-3H2,(H,15,17)(H,18,19). The summed E-state index contributed by atoms with van der Waals surface area (Å²) in [7, 11) is 0. The molecule has 9 heteroatoms. The Labute approximate surface area is 124 Å². The first-order valence-electron chi connectivity index (χ1n) is 6.22. The molecule has 1 aromatic heterocycles. The van der Waals surface area contributed by atoms with Crippen LogP contribution >= 0.6 is 11.6 Å². The molecule has 1 aromatic rings. The monoisotopic (exact) mass is 313 g/mol. The molecule has 1 heterocycles. The third-order valence-electron chi connectivity index (χ3n) is 3.41. The smallest absolute Gasteiger partial charge is 0.306 e. The molecular formula is C12H12ClN3O5. The Balaban J connectivity index is 2.12. The van der Waals surface area contributed by atoms with Crippen LogP contribution in [0.3, 0.4) is 0 Å². The topological polar surface area (TPSA) is 122 Å². The highest BCUT2D eigenvalue weighted by molar-refractivity contribution is 6.29. The number of carboxylic acid groups (broad SMARTS) is 1. The molecule has 21 heavy (non-hydrogen) atoms. The SMILES string of the molecule is O=C(NC1CCC(C(=O)O)C1)c1cc(Cl)ncc1[N+](=O)[O-]. The Morgan fingerprint density at radius 1 is 1.48 bits per heavy atom. The van der Waals surface area contributed by atoms with Gasteiger partial charge in [0.05, 0.1) is 10.8 Å². The van der Waals surface area contributed by atoms with Gasteiger partial charge in [0.25, 0.3) is 11.6 Å². The van der Waals surface area contributed by atoms with E-state index in [2.05, 4.69) is 10.3 Å². The fraction of sp³-hybridized carbons (Fsp3) is 0.417. The Bertz CT molecular complexity index is 607. The van der Waals surface area contributed by atoms with Crippen LogP contribution in [-0.4, -0.2) is 32.9 Å². The predicted octanol–water partition coefficient (Wildman–Crippen LogP) is 1.63. The van der Waals surface area contributed by atoms with Crippen molar-refractivity contribution >= 4 is 29.2 Å². The number of nitro groups is 1. The molecule has 8 nitrogen and oxygen atoms in total. The molecule has 2 rings (SSSR count). The highest BCUT2D eigenvalue weighted by atomic mass is 35.5. The average molecular weight is 314 g/mol. The zero-order valence-electron chi connectivity index (χ0n) is 10.8. The largest absolute Gasteiger partial charge is 0.481 e. The second-order valence-corrected chi connectivity index (χ2v) is 5.19. The minimum Gasteiger partial charge on any atom is -0.481 e. The lowest BCUT2D eigenvalue weighted by Gasteiger charge is -2.12. The molecule has 0 spiro atoms. The van der Waals surface area contributed by atoms with Crippen LogP contribution in [0, 0.1) is 16.0 Å². The van der Waals surface area contributed by atoms with E-state index < -0.39 is 28.4 Å². The first-order chi connectivity index (χ1) is 9.88. The maximum absolute atomic E-state index is 12.1. The summed E-state index contributed by atoms with van der Waals surface area (Å²) in [5.74, 6) is -2.04. The van der Waals surface area contributed by atoms with Crippen LogP contribution in [0.15, 0.2) is 12.3 Å². The van der Waals surface area contributed by atoms with Crippen LogP contribution in [0.25, 0.3) is 0 Å². The van der Waals surface area contributed by atoms with Crippen LogP contribution in [0.4, 0.5) is 5.69 Å². The van der Waals surface area contributed by atoms with Crippen molar-refractivity contribution in [3.8, 4) is 0 Å². The average Bonchev–Trinajstić information content (AvgIpc) is 2.86. The number of carbonyl (C=O) groups excluding carboxylic acids is 1. The van der Waals surface area contributed by atoms with Gasteiger partial charge < -0.3 is 10.4 Å². The summed E-state index contributed by atoms with van der Waals surface area (Å²) >= 11 is 5.66. The summed E-state index contributed by atoms with van der Waals surface area (Å²) in [6.07, 6.45) is 2.23. The number of nitrogens with one attached hydrogen (secondary N) is 1. The van der Waals surface area contributed by atoms with Gasteiger partial charge in [-0.05, 0) is 25.3 Å². The van der Waals surface area contributed by atoms with Crippen molar-refractivity contribution in [3.63, 3.8) is 0 Å². The van der Waals surface area contributed by atoms with Gasteiger partial charge in [-0.2, -0.15) is 0 Å². The lowest BCUT2D eigenvalue weighted by Crippen LogP contribution is -2.33. The van der Waals surface area contributed by atoms with Crippen LogP contribution in [-0.2, 0) is 4.79 Å². The molecule has 0 aromatic carbocycles. The van der Waals surface area contributed by atoms with Gasteiger partial charge in [-0.25, -0.2) is 4.98 Å². The van der Waals surface area contributed by atoms with Crippen LogP contribution in [0.1, 0.15) is 29.6 Å². The number of aliphatic carboxylic acids is 1. The molecule has 1 saturated carbocycles. The number of amides is 1. The van der Waals surface area contributed by atoms with E-state index in [1.165, 1.54) is 0 Å². The third kappa shape index (κ3) is 3.46. The van der Waals surface area contributed by atoms with Crippen molar-refractivity contribution in [1.29, 1.82) is 0 Å². The van der Waals surface area contributed by atoms with Crippen LogP contribution in [0.5, 0.6) is 0 Å². The highest BCUT2D eigenvalue weighted by Gasteiger charge is 2.32. The third-order valence-corrected chi connectivity index (χ3v) is 3.61. The molecular weight excluding hydrogens is 302 g/mol. The van der Waals surface area contributed by atoms with Gasteiger partial charge in [0.1, 0.15) is 16.9 Å². The van der Waals surface area contributed by atoms with Crippen LogP contribution < -0.4 is 5.32 Å². The molecule has 0 radical (unpaired) electrons. The molecule has 1 aliphatic carbocycles. The van der Waals surface area contributed by atoms with Crippen molar-refractivity contribution in [1.82, 2.24) is 10.3 Å². The maximum Gasteiger partial charge on any atom is 0.306 e. The van der Waals surface area contributed by atoms with E-state index in [1.54, 1.807) is 0 Å². The molecule has 1 aliphatic rings. The number of aromatic nitrogens is 1. The van der Waals surface area contributed by atoms with E-state index in [1.807, 2.05) is 0 Å². The molecule has 0 aliphatic heterocycles. The maximum atomic E-state index is 12.1. The number of carbonyl (C=O) groups is 2. The van der Waals surface area contributed by atoms with Crippen LogP contribution in [0.2, 0.25) is 5.15 Å². The molecule has 1 amide bonds. The molecule has 0 saturated heterocycles. The second-order valence-electron chi connectivity index (χ2n) is 4.80. The van der Waals surface area contributed by atoms with Gasteiger partial charge in [0.2, 0.25) is 0 Å². The Hall–Kier alpha value is -2.22. The summed E-state index contributed by atoms with van der Waals surface area (Å²) < 4.78 is 0. The lowest BCUT2D eigenvalue weighted by molar-refractivity contribution is -0.385. The van der Waals surface area contributed by atoms with Crippen molar-refractivity contribution in [2.24, 2.45) is 5.92 Å². The molecule has 112 valence electrons. The van der Waals surface area contributed by atoms with Gasteiger partial charge in [-0.1, -0.05) is 11.6 Å². The lowest BCUT2D eigenvalue weighted by atomic mass is 10.1. The fourth-order valence-electron chi connectivity index (χ4n) is 2.35. The molecule has 2 N–H and O–H groups in total. The zero-order chi connectivity index (χ0) is 15.6. The van der Waals surface area contributed by atoms with E-state index in [0.29, 0.717) is 19.3 Å². The summed E-state index contributed by atoms with van der Waals surface area (Å²) in [5, 5.41) is 22.4. The van der Waals surface area contributed by atoms with Crippen molar-refractivity contribution in [2.75, 3.05) is 0 Å². The number of halogens is 1. The van der Waals surface area contributed by atoms with E-state index >= 15 is 0 Å². The van der Waals surface area contributed by atoms with E-state index in [-0.39, 0.29) is 16.8 Å². The predicted molar refractivity (Wildman–Crippen MR) is 72.1 cm³/mol. The molecule has 2 unspecified atom stereocenters. The normalized spacial score (nSPS) is 21.0. The number of pyridine rings is 1. The number of rotatable bonds is 4. The van der Waals surface area contributed by atoms with E-state index in [0.717, 1.165) is 12.3 Å². The van der Waals surface area contributed by atoms with Gasteiger partial charge in [0.15, 0.2) is 0 Å². The van der Waals surface area contributed by atoms with Gasteiger partial charge in [-0.15, -0.1) is 0 Å². The first-order valence-corrected chi connectivity index (χ1v) is 6.60. The zero-order valence-corrected chi connectivity index (χ0v) is 11.5. The minimum atomic E-state index is -0.898. The Kier molecular flexibility index (Phi) is 4.37. The molecule has 2 atom stereocenters.